The molecule has 2 aliphatic rings. The summed E-state index contributed by atoms with van der Waals surface area (Å²) >= 11 is 6.49. The van der Waals surface area contributed by atoms with E-state index >= 15 is 0 Å². The zero-order chi connectivity index (χ0) is 15.0. The van der Waals surface area contributed by atoms with Crippen LogP contribution in [0.3, 0.4) is 0 Å². The first-order valence-corrected chi connectivity index (χ1v) is 8.38. The summed E-state index contributed by atoms with van der Waals surface area (Å²) in [7, 11) is 0. The molecule has 1 heterocycles. The molecule has 1 saturated heterocycles. The van der Waals surface area contributed by atoms with Gasteiger partial charge in [0.1, 0.15) is 0 Å². The molecule has 116 valence electrons. The SMILES string of the molecule is CC(C)NCc1cccc(Cl)c1N1CC2CCC(O)C2C1. The Kier molecular flexibility index (Phi) is 4.43. The van der Waals surface area contributed by atoms with Gasteiger partial charge in [0, 0.05) is 31.6 Å². The van der Waals surface area contributed by atoms with E-state index in [1.807, 2.05) is 12.1 Å². The third-order valence-corrected chi connectivity index (χ3v) is 5.21. The smallest absolute Gasteiger partial charge is 0.0642 e. The van der Waals surface area contributed by atoms with Crippen molar-refractivity contribution in [2.24, 2.45) is 11.8 Å². The van der Waals surface area contributed by atoms with E-state index in [1.54, 1.807) is 0 Å². The van der Waals surface area contributed by atoms with Crippen LogP contribution in [-0.4, -0.2) is 30.3 Å². The minimum atomic E-state index is -0.125. The van der Waals surface area contributed by atoms with Gasteiger partial charge in [-0.25, -0.2) is 0 Å². The summed E-state index contributed by atoms with van der Waals surface area (Å²) in [5.41, 5.74) is 2.42. The highest BCUT2D eigenvalue weighted by atomic mass is 35.5. The molecule has 1 aromatic carbocycles. The fourth-order valence-corrected chi connectivity index (χ4v) is 4.10. The second kappa shape index (κ2) is 6.15. The molecule has 2 N–H and O–H groups in total. The normalized spacial score (nSPS) is 28.4. The average molecular weight is 309 g/mol. The summed E-state index contributed by atoms with van der Waals surface area (Å²) < 4.78 is 0. The van der Waals surface area contributed by atoms with Gasteiger partial charge >= 0.3 is 0 Å². The van der Waals surface area contributed by atoms with Crippen LogP contribution in [-0.2, 0) is 6.54 Å². The van der Waals surface area contributed by atoms with Crippen LogP contribution in [0.5, 0.6) is 0 Å². The summed E-state index contributed by atoms with van der Waals surface area (Å²) in [5.74, 6) is 1.05. The summed E-state index contributed by atoms with van der Waals surface area (Å²) in [4.78, 5) is 2.39. The number of aliphatic hydroxyl groups excluding tert-OH is 1. The van der Waals surface area contributed by atoms with E-state index in [-0.39, 0.29) is 6.10 Å². The molecule has 21 heavy (non-hydrogen) atoms. The number of benzene rings is 1. The van der Waals surface area contributed by atoms with Gasteiger partial charge in [-0.3, -0.25) is 0 Å². The number of hydrogen-bond donors (Lipinski definition) is 2. The molecule has 1 aliphatic heterocycles. The van der Waals surface area contributed by atoms with E-state index in [0.29, 0.717) is 17.9 Å². The Balaban J connectivity index is 1.81. The molecule has 1 saturated carbocycles. The first-order chi connectivity index (χ1) is 10.1. The van der Waals surface area contributed by atoms with Gasteiger partial charge < -0.3 is 15.3 Å². The van der Waals surface area contributed by atoms with Crippen LogP contribution < -0.4 is 10.2 Å². The van der Waals surface area contributed by atoms with Gasteiger partial charge in [-0.2, -0.15) is 0 Å². The second-order valence-corrected chi connectivity index (χ2v) is 7.16. The number of anilines is 1. The van der Waals surface area contributed by atoms with Crippen molar-refractivity contribution in [3.05, 3.63) is 28.8 Å². The number of nitrogens with zero attached hydrogens (tertiary/aromatic N) is 1. The third-order valence-electron chi connectivity index (χ3n) is 4.91. The zero-order valence-corrected chi connectivity index (χ0v) is 13.6. The molecule has 0 bridgehead atoms. The first kappa shape index (κ1) is 15.1. The lowest BCUT2D eigenvalue weighted by atomic mass is 10.00. The fraction of sp³-hybridized carbons (Fsp3) is 0.647. The lowest BCUT2D eigenvalue weighted by Crippen LogP contribution is -2.27. The Bertz CT molecular complexity index is 506. The lowest BCUT2D eigenvalue weighted by Gasteiger charge is -2.25. The minimum absolute atomic E-state index is 0.125. The minimum Gasteiger partial charge on any atom is -0.393 e. The van der Waals surface area contributed by atoms with Crippen molar-refractivity contribution < 1.29 is 5.11 Å². The van der Waals surface area contributed by atoms with Crippen LogP contribution in [0, 0.1) is 11.8 Å². The van der Waals surface area contributed by atoms with Gasteiger partial charge in [-0.1, -0.05) is 37.6 Å². The molecule has 0 aromatic heterocycles. The van der Waals surface area contributed by atoms with Crippen LogP contribution in [0.25, 0.3) is 0 Å². The predicted molar refractivity (Wildman–Crippen MR) is 87.9 cm³/mol. The topological polar surface area (TPSA) is 35.5 Å². The Morgan fingerprint density at radius 1 is 1.33 bits per heavy atom. The van der Waals surface area contributed by atoms with E-state index in [9.17, 15) is 5.11 Å². The molecule has 1 aromatic rings. The molecular formula is C17H25ClN2O. The highest BCUT2D eigenvalue weighted by molar-refractivity contribution is 6.33. The van der Waals surface area contributed by atoms with Gasteiger partial charge in [0.2, 0.25) is 0 Å². The van der Waals surface area contributed by atoms with Gasteiger partial charge in [-0.15, -0.1) is 0 Å². The Hall–Kier alpha value is -0.770. The zero-order valence-electron chi connectivity index (χ0n) is 12.8. The van der Waals surface area contributed by atoms with E-state index < -0.39 is 0 Å². The second-order valence-electron chi connectivity index (χ2n) is 6.76. The van der Waals surface area contributed by atoms with Crippen molar-refractivity contribution in [3.63, 3.8) is 0 Å². The molecule has 0 amide bonds. The van der Waals surface area contributed by atoms with Crippen LogP contribution in [0.1, 0.15) is 32.3 Å². The third kappa shape index (κ3) is 3.05. The molecule has 0 radical (unpaired) electrons. The van der Waals surface area contributed by atoms with Crippen LogP contribution >= 0.6 is 11.6 Å². The fourth-order valence-electron chi connectivity index (χ4n) is 3.79. The highest BCUT2D eigenvalue weighted by Crippen LogP contribution is 2.42. The standard InChI is InChI=1S/C17H25ClN2O/c1-11(2)19-8-12-4-3-5-15(18)17(12)20-9-13-6-7-16(21)14(13)10-20/h3-5,11,13-14,16,19,21H,6-10H2,1-2H3. The number of rotatable bonds is 4. The lowest BCUT2D eigenvalue weighted by molar-refractivity contribution is 0.133. The average Bonchev–Trinajstić information content (AvgIpc) is 2.99. The highest BCUT2D eigenvalue weighted by Gasteiger charge is 2.42. The molecule has 3 rings (SSSR count). The molecule has 3 unspecified atom stereocenters. The van der Waals surface area contributed by atoms with Crippen molar-refractivity contribution >= 4 is 17.3 Å². The summed E-state index contributed by atoms with van der Waals surface area (Å²) in [6, 6.07) is 6.60. The van der Waals surface area contributed by atoms with Gasteiger partial charge in [0.25, 0.3) is 0 Å². The maximum Gasteiger partial charge on any atom is 0.0642 e. The van der Waals surface area contributed by atoms with Crippen LogP contribution in [0.2, 0.25) is 5.02 Å². The van der Waals surface area contributed by atoms with Crippen molar-refractivity contribution in [1.82, 2.24) is 5.32 Å². The first-order valence-electron chi connectivity index (χ1n) is 8.00. The van der Waals surface area contributed by atoms with Gasteiger partial charge in [0.15, 0.2) is 0 Å². The molecule has 2 fully saturated rings. The van der Waals surface area contributed by atoms with Gasteiger partial charge in [-0.05, 0) is 30.4 Å². The molecular weight excluding hydrogens is 284 g/mol. The molecule has 3 atom stereocenters. The Labute approximate surface area is 132 Å². The van der Waals surface area contributed by atoms with Crippen molar-refractivity contribution in [2.45, 2.75) is 45.4 Å². The van der Waals surface area contributed by atoms with Crippen LogP contribution in [0.4, 0.5) is 5.69 Å². The predicted octanol–water partition coefficient (Wildman–Crippen LogP) is 3.05. The van der Waals surface area contributed by atoms with Crippen LogP contribution in [0.15, 0.2) is 18.2 Å². The van der Waals surface area contributed by atoms with Crippen molar-refractivity contribution in [2.75, 3.05) is 18.0 Å². The van der Waals surface area contributed by atoms with E-state index in [0.717, 1.165) is 43.2 Å². The largest absolute Gasteiger partial charge is 0.393 e. The molecule has 1 aliphatic carbocycles. The Morgan fingerprint density at radius 2 is 2.14 bits per heavy atom. The number of aliphatic hydroxyl groups is 1. The Morgan fingerprint density at radius 3 is 2.86 bits per heavy atom. The number of hydrogen-bond acceptors (Lipinski definition) is 3. The molecule has 0 spiro atoms. The summed E-state index contributed by atoms with van der Waals surface area (Å²) in [6.07, 6.45) is 1.99. The molecule has 4 heteroatoms. The monoisotopic (exact) mass is 308 g/mol. The summed E-state index contributed by atoms with van der Waals surface area (Å²) in [6.45, 7) is 7.11. The number of nitrogens with one attached hydrogen (secondary N) is 1. The van der Waals surface area contributed by atoms with E-state index in [2.05, 4.69) is 30.1 Å². The van der Waals surface area contributed by atoms with Crippen molar-refractivity contribution in [1.29, 1.82) is 0 Å². The summed E-state index contributed by atoms with van der Waals surface area (Å²) in [5, 5.41) is 14.4. The van der Waals surface area contributed by atoms with Gasteiger partial charge in [0.05, 0.1) is 16.8 Å². The van der Waals surface area contributed by atoms with E-state index in [4.69, 9.17) is 11.6 Å². The quantitative estimate of drug-likeness (QED) is 0.897. The number of para-hydroxylation sites is 1. The maximum atomic E-state index is 10.1. The number of fused-ring (bicyclic) bond motifs is 1. The number of halogens is 1. The van der Waals surface area contributed by atoms with Crippen molar-refractivity contribution in [3.8, 4) is 0 Å². The molecule has 3 nitrogen and oxygen atoms in total. The van der Waals surface area contributed by atoms with E-state index in [1.165, 1.54) is 5.56 Å². The maximum absolute atomic E-state index is 10.1.